The first-order valence-corrected chi connectivity index (χ1v) is 5.84. The normalized spacial score (nSPS) is 10.8. The lowest BCUT2D eigenvalue weighted by molar-refractivity contribution is 0.0978. The summed E-state index contributed by atoms with van der Waals surface area (Å²) in [6, 6.07) is 7.83. The van der Waals surface area contributed by atoms with E-state index in [0.29, 0.717) is 6.42 Å². The van der Waals surface area contributed by atoms with Crippen molar-refractivity contribution in [2.24, 2.45) is 0 Å². The van der Waals surface area contributed by atoms with E-state index in [1.807, 2.05) is 31.2 Å². The first-order valence-electron chi connectivity index (χ1n) is 5.84. The highest BCUT2D eigenvalue weighted by Crippen LogP contribution is 2.09. The molecular formula is C14H21NO. The van der Waals surface area contributed by atoms with Crippen LogP contribution in [0.2, 0.25) is 0 Å². The van der Waals surface area contributed by atoms with E-state index in [-0.39, 0.29) is 5.78 Å². The van der Waals surface area contributed by atoms with Gasteiger partial charge in [0, 0.05) is 12.0 Å². The SMILES string of the molecule is Cc1cccc(C(=O)CCCCN(C)C)c1. The van der Waals surface area contributed by atoms with Gasteiger partial charge in [0.1, 0.15) is 0 Å². The zero-order valence-electron chi connectivity index (χ0n) is 10.5. The number of rotatable bonds is 6. The van der Waals surface area contributed by atoms with Crippen molar-refractivity contribution in [3.63, 3.8) is 0 Å². The van der Waals surface area contributed by atoms with E-state index in [0.717, 1.165) is 30.5 Å². The molecule has 0 radical (unpaired) electrons. The van der Waals surface area contributed by atoms with Gasteiger partial charge in [-0.3, -0.25) is 4.79 Å². The van der Waals surface area contributed by atoms with E-state index in [1.165, 1.54) is 0 Å². The number of hydrogen-bond acceptors (Lipinski definition) is 2. The highest BCUT2D eigenvalue weighted by molar-refractivity contribution is 5.96. The summed E-state index contributed by atoms with van der Waals surface area (Å²) in [5.41, 5.74) is 2.00. The second kappa shape index (κ2) is 6.44. The second-order valence-corrected chi connectivity index (χ2v) is 4.55. The van der Waals surface area contributed by atoms with Crippen LogP contribution in [0.15, 0.2) is 24.3 Å². The second-order valence-electron chi connectivity index (χ2n) is 4.55. The zero-order valence-corrected chi connectivity index (χ0v) is 10.5. The third-order valence-electron chi connectivity index (χ3n) is 2.60. The van der Waals surface area contributed by atoms with Gasteiger partial charge in [0.15, 0.2) is 5.78 Å². The fourth-order valence-corrected chi connectivity index (χ4v) is 1.68. The van der Waals surface area contributed by atoms with E-state index in [2.05, 4.69) is 19.0 Å². The Morgan fingerprint density at radius 2 is 2.00 bits per heavy atom. The number of aryl methyl sites for hydroxylation is 1. The van der Waals surface area contributed by atoms with Gasteiger partial charge in [-0.1, -0.05) is 23.8 Å². The van der Waals surface area contributed by atoms with Crippen LogP contribution < -0.4 is 0 Å². The summed E-state index contributed by atoms with van der Waals surface area (Å²) in [4.78, 5) is 14.0. The Labute approximate surface area is 98.3 Å². The molecule has 0 saturated heterocycles. The van der Waals surface area contributed by atoms with Crippen LogP contribution in [0.3, 0.4) is 0 Å². The lowest BCUT2D eigenvalue weighted by Gasteiger charge is -2.08. The topological polar surface area (TPSA) is 20.3 Å². The number of unbranched alkanes of at least 4 members (excludes halogenated alkanes) is 1. The fraction of sp³-hybridized carbons (Fsp3) is 0.500. The van der Waals surface area contributed by atoms with Gasteiger partial charge in [-0.15, -0.1) is 0 Å². The third kappa shape index (κ3) is 4.58. The molecule has 0 aliphatic rings. The molecular weight excluding hydrogens is 198 g/mol. The minimum atomic E-state index is 0.266. The highest BCUT2D eigenvalue weighted by atomic mass is 16.1. The quantitative estimate of drug-likeness (QED) is 0.541. The van der Waals surface area contributed by atoms with Crippen LogP contribution in [0.4, 0.5) is 0 Å². The molecule has 2 nitrogen and oxygen atoms in total. The first-order chi connectivity index (χ1) is 7.59. The smallest absolute Gasteiger partial charge is 0.162 e. The summed E-state index contributed by atoms with van der Waals surface area (Å²) in [7, 11) is 4.12. The summed E-state index contributed by atoms with van der Waals surface area (Å²) < 4.78 is 0. The average molecular weight is 219 g/mol. The molecule has 0 aromatic heterocycles. The van der Waals surface area contributed by atoms with E-state index >= 15 is 0 Å². The van der Waals surface area contributed by atoms with Crippen LogP contribution >= 0.6 is 0 Å². The van der Waals surface area contributed by atoms with Crippen molar-refractivity contribution in [2.45, 2.75) is 26.2 Å². The minimum Gasteiger partial charge on any atom is -0.309 e. The van der Waals surface area contributed by atoms with Crippen molar-refractivity contribution >= 4 is 5.78 Å². The molecule has 0 aliphatic heterocycles. The van der Waals surface area contributed by atoms with Crippen molar-refractivity contribution < 1.29 is 4.79 Å². The van der Waals surface area contributed by atoms with Crippen LogP contribution in [-0.4, -0.2) is 31.3 Å². The van der Waals surface area contributed by atoms with Crippen molar-refractivity contribution in [3.8, 4) is 0 Å². The molecule has 1 rings (SSSR count). The molecule has 0 aliphatic carbocycles. The van der Waals surface area contributed by atoms with Gasteiger partial charge in [-0.2, -0.15) is 0 Å². The molecule has 2 heteroatoms. The van der Waals surface area contributed by atoms with Gasteiger partial charge in [0.05, 0.1) is 0 Å². The number of ketones is 1. The molecule has 0 bridgehead atoms. The summed E-state index contributed by atoms with van der Waals surface area (Å²) >= 11 is 0. The van der Waals surface area contributed by atoms with E-state index in [9.17, 15) is 4.79 Å². The predicted octanol–water partition coefficient (Wildman–Crippen LogP) is 2.91. The van der Waals surface area contributed by atoms with Gasteiger partial charge in [-0.25, -0.2) is 0 Å². The Morgan fingerprint density at radius 3 is 2.62 bits per heavy atom. The van der Waals surface area contributed by atoms with E-state index in [4.69, 9.17) is 0 Å². The Kier molecular flexibility index (Phi) is 5.20. The first kappa shape index (κ1) is 12.9. The van der Waals surface area contributed by atoms with Gasteiger partial charge in [0.25, 0.3) is 0 Å². The third-order valence-corrected chi connectivity index (χ3v) is 2.60. The molecule has 0 fully saturated rings. The standard InChI is InChI=1S/C14H21NO/c1-12-7-6-8-13(11-12)14(16)9-4-5-10-15(2)3/h6-8,11H,4-5,9-10H2,1-3H3. The fourth-order valence-electron chi connectivity index (χ4n) is 1.68. The Morgan fingerprint density at radius 1 is 1.25 bits per heavy atom. The molecule has 16 heavy (non-hydrogen) atoms. The zero-order chi connectivity index (χ0) is 12.0. The molecule has 0 unspecified atom stereocenters. The summed E-state index contributed by atoms with van der Waals surface area (Å²) in [5, 5.41) is 0. The van der Waals surface area contributed by atoms with Crippen molar-refractivity contribution in [2.75, 3.05) is 20.6 Å². The van der Waals surface area contributed by atoms with Crippen molar-refractivity contribution in [3.05, 3.63) is 35.4 Å². The van der Waals surface area contributed by atoms with E-state index in [1.54, 1.807) is 0 Å². The largest absolute Gasteiger partial charge is 0.309 e. The molecule has 0 atom stereocenters. The Bertz CT molecular complexity index is 344. The van der Waals surface area contributed by atoms with Crippen LogP contribution in [0.1, 0.15) is 35.2 Å². The van der Waals surface area contributed by atoms with Gasteiger partial charge >= 0.3 is 0 Å². The maximum Gasteiger partial charge on any atom is 0.162 e. The number of Topliss-reactive ketones (excluding diaryl/α,β-unsaturated/α-hetero) is 1. The lowest BCUT2D eigenvalue weighted by atomic mass is 10.0. The predicted molar refractivity (Wildman–Crippen MR) is 67.9 cm³/mol. The molecule has 0 N–H and O–H groups in total. The molecule has 0 saturated carbocycles. The summed E-state index contributed by atoms with van der Waals surface area (Å²) in [6.07, 6.45) is 2.73. The Balaban J connectivity index is 2.35. The molecule has 0 spiro atoms. The van der Waals surface area contributed by atoms with Crippen molar-refractivity contribution in [1.82, 2.24) is 4.90 Å². The minimum absolute atomic E-state index is 0.266. The lowest BCUT2D eigenvalue weighted by Crippen LogP contribution is -2.13. The maximum atomic E-state index is 11.8. The average Bonchev–Trinajstić information content (AvgIpc) is 2.24. The van der Waals surface area contributed by atoms with Gasteiger partial charge < -0.3 is 4.90 Å². The van der Waals surface area contributed by atoms with Crippen LogP contribution in [0.25, 0.3) is 0 Å². The van der Waals surface area contributed by atoms with Crippen LogP contribution in [0, 0.1) is 6.92 Å². The Hall–Kier alpha value is -1.15. The number of nitrogens with zero attached hydrogens (tertiary/aromatic N) is 1. The molecule has 0 heterocycles. The molecule has 1 aromatic rings. The monoisotopic (exact) mass is 219 g/mol. The van der Waals surface area contributed by atoms with Gasteiger partial charge in [-0.05, 0) is 46.5 Å². The molecule has 88 valence electrons. The number of hydrogen-bond donors (Lipinski definition) is 0. The number of carbonyl (C=O) groups is 1. The van der Waals surface area contributed by atoms with Crippen LogP contribution in [0.5, 0.6) is 0 Å². The van der Waals surface area contributed by atoms with Crippen LogP contribution in [-0.2, 0) is 0 Å². The maximum absolute atomic E-state index is 11.8. The molecule has 0 amide bonds. The highest BCUT2D eigenvalue weighted by Gasteiger charge is 2.05. The number of benzene rings is 1. The summed E-state index contributed by atoms with van der Waals surface area (Å²) in [6.45, 7) is 3.07. The van der Waals surface area contributed by atoms with E-state index < -0.39 is 0 Å². The molecule has 1 aromatic carbocycles. The van der Waals surface area contributed by atoms with Gasteiger partial charge in [0.2, 0.25) is 0 Å². The number of carbonyl (C=O) groups excluding carboxylic acids is 1. The summed E-state index contributed by atoms with van der Waals surface area (Å²) in [5.74, 6) is 0.266. The van der Waals surface area contributed by atoms with Crippen molar-refractivity contribution in [1.29, 1.82) is 0 Å².